The number of hydrogen-bond acceptors (Lipinski definition) is 5. The van der Waals surface area contributed by atoms with Crippen molar-refractivity contribution >= 4 is 28.7 Å². The van der Waals surface area contributed by atoms with Crippen molar-refractivity contribution in [2.75, 3.05) is 0 Å². The molecular weight excluding hydrogens is 404 g/mol. The fraction of sp³-hybridized carbons (Fsp3) is 0.0833. The van der Waals surface area contributed by atoms with Gasteiger partial charge in [-0.3, -0.25) is 10.8 Å². The lowest BCUT2D eigenvalue weighted by Gasteiger charge is -2.11. The molecule has 4 aromatic rings. The SMILES string of the molecule is CC(=O)On1c(-c2cccc(-c3ccc(C(=N)N)cc3C)c2)nc2cc(C(=N)N)ccc21. The number of fused-ring (bicyclic) bond motifs is 1. The van der Waals surface area contributed by atoms with Crippen LogP contribution in [0.3, 0.4) is 0 Å². The van der Waals surface area contributed by atoms with Gasteiger partial charge in [-0.25, -0.2) is 9.78 Å². The van der Waals surface area contributed by atoms with E-state index in [9.17, 15) is 4.79 Å². The van der Waals surface area contributed by atoms with Crippen molar-refractivity contribution < 1.29 is 9.63 Å². The zero-order valence-corrected chi connectivity index (χ0v) is 17.6. The summed E-state index contributed by atoms with van der Waals surface area (Å²) in [5.74, 6) is -0.0702. The van der Waals surface area contributed by atoms with E-state index in [0.717, 1.165) is 22.3 Å². The molecule has 0 unspecified atom stereocenters. The number of nitrogen functional groups attached to an aromatic ring is 2. The summed E-state index contributed by atoms with van der Waals surface area (Å²) in [7, 11) is 0. The first-order chi connectivity index (χ1) is 15.2. The lowest BCUT2D eigenvalue weighted by molar-refractivity contribution is -0.140. The number of imidazole rings is 1. The lowest BCUT2D eigenvalue weighted by Crippen LogP contribution is -2.17. The monoisotopic (exact) mass is 426 g/mol. The molecule has 32 heavy (non-hydrogen) atoms. The van der Waals surface area contributed by atoms with E-state index in [0.29, 0.717) is 28.0 Å². The first-order valence-corrected chi connectivity index (χ1v) is 9.86. The quantitative estimate of drug-likeness (QED) is 0.286. The third-order valence-electron chi connectivity index (χ3n) is 5.11. The minimum absolute atomic E-state index is 0.0217. The Morgan fingerprint density at radius 3 is 2.25 bits per heavy atom. The van der Waals surface area contributed by atoms with E-state index in [1.165, 1.54) is 11.7 Å². The average molecular weight is 426 g/mol. The molecule has 0 aliphatic heterocycles. The number of carbonyl (C=O) groups excluding carboxylic acids is 1. The van der Waals surface area contributed by atoms with Gasteiger partial charge in [0.25, 0.3) is 0 Å². The highest BCUT2D eigenvalue weighted by atomic mass is 16.7. The third-order valence-corrected chi connectivity index (χ3v) is 5.11. The summed E-state index contributed by atoms with van der Waals surface area (Å²) in [6.45, 7) is 3.29. The van der Waals surface area contributed by atoms with Crippen LogP contribution in [-0.2, 0) is 4.79 Å². The Morgan fingerprint density at radius 1 is 0.938 bits per heavy atom. The minimum Gasteiger partial charge on any atom is -0.384 e. The van der Waals surface area contributed by atoms with Crippen molar-refractivity contribution in [3.8, 4) is 22.5 Å². The molecule has 8 nitrogen and oxygen atoms in total. The largest absolute Gasteiger partial charge is 0.384 e. The molecule has 1 heterocycles. The summed E-state index contributed by atoms with van der Waals surface area (Å²) in [4.78, 5) is 21.9. The second-order valence-corrected chi connectivity index (χ2v) is 7.45. The first-order valence-electron chi connectivity index (χ1n) is 9.86. The number of nitrogens with zero attached hydrogens (tertiary/aromatic N) is 2. The van der Waals surface area contributed by atoms with E-state index in [4.69, 9.17) is 27.1 Å². The van der Waals surface area contributed by atoms with Crippen molar-refractivity contribution in [2.45, 2.75) is 13.8 Å². The number of aryl methyl sites for hydroxylation is 1. The van der Waals surface area contributed by atoms with Crippen LogP contribution in [0.1, 0.15) is 23.6 Å². The van der Waals surface area contributed by atoms with Crippen LogP contribution in [0.4, 0.5) is 0 Å². The van der Waals surface area contributed by atoms with E-state index in [-0.39, 0.29) is 11.7 Å². The maximum atomic E-state index is 11.8. The summed E-state index contributed by atoms with van der Waals surface area (Å²) < 4.78 is 1.40. The molecule has 0 saturated carbocycles. The van der Waals surface area contributed by atoms with E-state index in [1.807, 2.05) is 49.4 Å². The number of aromatic nitrogens is 2. The van der Waals surface area contributed by atoms with Crippen LogP contribution in [0.5, 0.6) is 0 Å². The van der Waals surface area contributed by atoms with Gasteiger partial charge in [0.1, 0.15) is 17.2 Å². The van der Waals surface area contributed by atoms with Gasteiger partial charge in [0.15, 0.2) is 5.82 Å². The molecule has 4 rings (SSSR count). The minimum atomic E-state index is -0.479. The van der Waals surface area contributed by atoms with Crippen LogP contribution in [0.15, 0.2) is 60.7 Å². The molecule has 160 valence electrons. The molecule has 8 heteroatoms. The van der Waals surface area contributed by atoms with E-state index < -0.39 is 5.97 Å². The number of hydrogen-bond donors (Lipinski definition) is 4. The average Bonchev–Trinajstić information content (AvgIpc) is 3.10. The summed E-state index contributed by atoms with van der Waals surface area (Å²) in [6, 6.07) is 18.4. The highest BCUT2D eigenvalue weighted by molar-refractivity contribution is 5.98. The number of carbonyl (C=O) groups is 1. The van der Waals surface area contributed by atoms with E-state index in [1.54, 1.807) is 18.2 Å². The predicted molar refractivity (Wildman–Crippen MR) is 125 cm³/mol. The van der Waals surface area contributed by atoms with Crippen LogP contribution in [0.25, 0.3) is 33.5 Å². The molecule has 0 fully saturated rings. The maximum absolute atomic E-state index is 11.8. The van der Waals surface area contributed by atoms with Crippen molar-refractivity contribution in [1.29, 1.82) is 10.8 Å². The standard InChI is InChI=1S/C24H22N6O2/c1-13-10-16(22(25)26)6-8-19(13)15-4-3-5-18(11-15)24-29-20-12-17(23(27)28)7-9-21(20)30(24)32-14(2)31/h3-12H,1-2H3,(H3,25,26)(H3,27,28). The molecule has 1 aromatic heterocycles. The number of nitrogens with one attached hydrogen (secondary N) is 2. The fourth-order valence-corrected chi connectivity index (χ4v) is 3.61. The van der Waals surface area contributed by atoms with Gasteiger partial charge in [-0.1, -0.05) is 30.3 Å². The second kappa shape index (κ2) is 7.99. The van der Waals surface area contributed by atoms with Gasteiger partial charge in [-0.15, -0.1) is 0 Å². The molecule has 0 radical (unpaired) electrons. The Balaban J connectivity index is 1.87. The van der Waals surface area contributed by atoms with Crippen molar-refractivity contribution in [3.63, 3.8) is 0 Å². The molecule has 0 saturated heterocycles. The number of nitrogens with two attached hydrogens (primary N) is 2. The number of benzene rings is 3. The van der Waals surface area contributed by atoms with E-state index in [2.05, 4.69) is 4.98 Å². The van der Waals surface area contributed by atoms with Crippen LogP contribution in [-0.4, -0.2) is 27.4 Å². The van der Waals surface area contributed by atoms with Gasteiger partial charge in [0, 0.05) is 23.6 Å². The molecule has 0 bridgehead atoms. The molecule has 3 aromatic carbocycles. The van der Waals surface area contributed by atoms with Crippen molar-refractivity contribution in [2.24, 2.45) is 11.5 Å². The highest BCUT2D eigenvalue weighted by Crippen LogP contribution is 2.30. The molecule has 6 N–H and O–H groups in total. The molecule has 0 aliphatic rings. The van der Waals surface area contributed by atoms with Gasteiger partial charge >= 0.3 is 5.97 Å². The zero-order valence-electron chi connectivity index (χ0n) is 17.6. The number of rotatable bonds is 5. The Kier molecular flexibility index (Phi) is 5.19. The Hall–Kier alpha value is -4.46. The van der Waals surface area contributed by atoms with Crippen LogP contribution in [0.2, 0.25) is 0 Å². The summed E-state index contributed by atoms with van der Waals surface area (Å²) in [5.41, 5.74) is 17.2. The third kappa shape index (κ3) is 3.81. The van der Waals surface area contributed by atoms with E-state index >= 15 is 0 Å². The molecule has 0 aliphatic carbocycles. The molecule has 0 spiro atoms. The van der Waals surface area contributed by atoms with Crippen LogP contribution < -0.4 is 16.3 Å². The van der Waals surface area contributed by atoms with Crippen molar-refractivity contribution in [3.05, 3.63) is 77.4 Å². The normalized spacial score (nSPS) is 10.8. The van der Waals surface area contributed by atoms with Gasteiger partial charge < -0.3 is 16.3 Å². The smallest absolute Gasteiger partial charge is 0.329 e. The molecular formula is C24H22N6O2. The highest BCUT2D eigenvalue weighted by Gasteiger charge is 2.17. The fourth-order valence-electron chi connectivity index (χ4n) is 3.61. The van der Waals surface area contributed by atoms with Gasteiger partial charge in [-0.05, 0) is 53.9 Å². The lowest BCUT2D eigenvalue weighted by atomic mass is 9.96. The Morgan fingerprint density at radius 2 is 1.59 bits per heavy atom. The zero-order chi connectivity index (χ0) is 23.0. The summed E-state index contributed by atoms with van der Waals surface area (Å²) in [6.07, 6.45) is 0. The summed E-state index contributed by atoms with van der Waals surface area (Å²) in [5, 5.41) is 15.3. The van der Waals surface area contributed by atoms with Gasteiger partial charge in [0.05, 0.1) is 5.52 Å². The van der Waals surface area contributed by atoms with Gasteiger partial charge in [-0.2, -0.15) is 4.73 Å². The topological polar surface area (TPSA) is 144 Å². The summed E-state index contributed by atoms with van der Waals surface area (Å²) >= 11 is 0. The van der Waals surface area contributed by atoms with Gasteiger partial charge in [0.2, 0.25) is 0 Å². The van der Waals surface area contributed by atoms with Crippen LogP contribution >= 0.6 is 0 Å². The molecule has 0 amide bonds. The first kappa shape index (κ1) is 20.8. The predicted octanol–water partition coefficient (Wildman–Crippen LogP) is 3.22. The molecule has 0 atom stereocenters. The Labute approximate surface area is 184 Å². The van der Waals surface area contributed by atoms with Crippen molar-refractivity contribution in [1.82, 2.24) is 9.71 Å². The Bertz CT molecular complexity index is 1400. The van der Waals surface area contributed by atoms with Crippen LogP contribution in [0, 0.1) is 17.7 Å². The number of amidine groups is 2. The maximum Gasteiger partial charge on any atom is 0.329 e. The second-order valence-electron chi connectivity index (χ2n) is 7.45.